The van der Waals surface area contributed by atoms with Crippen LogP contribution in [0.2, 0.25) is 0 Å². The zero-order valence-corrected chi connectivity index (χ0v) is 10.1. The Morgan fingerprint density at radius 2 is 2.31 bits per heavy atom. The van der Waals surface area contributed by atoms with E-state index in [4.69, 9.17) is 12.2 Å². The molecule has 1 rings (SSSR count). The molecule has 0 aromatic carbocycles. The highest BCUT2D eigenvalue weighted by atomic mass is 32.1. The van der Waals surface area contributed by atoms with Crippen molar-refractivity contribution in [3.63, 3.8) is 0 Å². The summed E-state index contributed by atoms with van der Waals surface area (Å²) in [6.07, 6.45) is 1.93. The van der Waals surface area contributed by atoms with Crippen molar-refractivity contribution in [1.82, 2.24) is 14.9 Å². The lowest BCUT2D eigenvalue weighted by Gasteiger charge is -2.09. The fourth-order valence-electron chi connectivity index (χ4n) is 1.24. The summed E-state index contributed by atoms with van der Waals surface area (Å²) >= 11 is 4.96. The average Bonchev–Trinajstić information content (AvgIpc) is 2.15. The Balaban J connectivity index is 2.58. The van der Waals surface area contributed by atoms with Crippen LogP contribution in [-0.4, -0.2) is 21.5 Å². The molecule has 0 bridgehead atoms. The molecule has 2 N–H and O–H groups in total. The molecule has 88 valence electrons. The number of rotatable bonds is 4. The highest BCUT2D eigenvalue weighted by Gasteiger charge is 2.03. The fourth-order valence-corrected chi connectivity index (χ4v) is 1.49. The van der Waals surface area contributed by atoms with Crippen LogP contribution in [0.25, 0.3) is 0 Å². The molecule has 1 aromatic rings. The Labute approximate surface area is 98.5 Å². The number of aryl methyl sites for hydroxylation is 1. The van der Waals surface area contributed by atoms with Gasteiger partial charge < -0.3 is 9.88 Å². The molecule has 0 radical (unpaired) electrons. The zero-order valence-electron chi connectivity index (χ0n) is 9.32. The van der Waals surface area contributed by atoms with Crippen molar-refractivity contribution in [3.05, 3.63) is 27.4 Å². The molecule has 6 heteroatoms. The summed E-state index contributed by atoms with van der Waals surface area (Å²) in [5.74, 6) is -0.0249. The van der Waals surface area contributed by atoms with E-state index in [1.54, 1.807) is 10.8 Å². The highest BCUT2D eigenvalue weighted by molar-refractivity contribution is 7.71. The largest absolute Gasteiger partial charge is 0.354 e. The second-order valence-corrected chi connectivity index (χ2v) is 4.16. The van der Waals surface area contributed by atoms with Crippen LogP contribution in [0.15, 0.2) is 17.1 Å². The lowest BCUT2D eigenvalue weighted by atomic mass is 10.3. The molecule has 0 spiro atoms. The maximum atomic E-state index is 11.4. The lowest BCUT2D eigenvalue weighted by Crippen LogP contribution is -2.30. The third-order valence-electron chi connectivity index (χ3n) is 1.93. The first-order valence-corrected chi connectivity index (χ1v) is 5.49. The smallest absolute Gasteiger partial charge is 0.251 e. The molecule has 0 saturated carbocycles. The first-order valence-electron chi connectivity index (χ1n) is 5.08. The number of carbonyl (C=O) groups is 1. The van der Waals surface area contributed by atoms with E-state index in [1.165, 1.54) is 6.07 Å². The van der Waals surface area contributed by atoms with Crippen LogP contribution in [-0.2, 0) is 11.3 Å². The minimum Gasteiger partial charge on any atom is -0.354 e. The Kier molecular flexibility index (Phi) is 4.42. The van der Waals surface area contributed by atoms with Crippen molar-refractivity contribution < 1.29 is 4.79 Å². The van der Waals surface area contributed by atoms with Gasteiger partial charge in [-0.25, -0.2) is 0 Å². The molecule has 1 amide bonds. The van der Waals surface area contributed by atoms with Crippen molar-refractivity contribution in [3.8, 4) is 0 Å². The minimum absolute atomic E-state index is 0.0249. The summed E-state index contributed by atoms with van der Waals surface area (Å²) in [6, 6.07) is 1.52. The molecule has 5 nitrogen and oxygen atoms in total. The molecule has 0 saturated heterocycles. The Hall–Kier alpha value is -1.43. The number of hydrogen-bond donors (Lipinski definition) is 2. The third-order valence-corrected chi connectivity index (χ3v) is 2.26. The van der Waals surface area contributed by atoms with E-state index in [1.807, 2.05) is 13.8 Å². The third kappa shape index (κ3) is 3.98. The van der Waals surface area contributed by atoms with Gasteiger partial charge in [0.2, 0.25) is 5.91 Å². The molecule has 1 heterocycles. The summed E-state index contributed by atoms with van der Waals surface area (Å²) in [5, 5.41) is 2.79. The number of carbonyl (C=O) groups excluding carboxylic acids is 1. The number of nitrogens with zero attached hydrogens (tertiary/aromatic N) is 1. The zero-order chi connectivity index (χ0) is 12.1. The van der Waals surface area contributed by atoms with Gasteiger partial charge in [-0.2, -0.15) is 0 Å². The van der Waals surface area contributed by atoms with Crippen molar-refractivity contribution in [2.24, 2.45) is 0 Å². The van der Waals surface area contributed by atoms with Crippen LogP contribution in [0.4, 0.5) is 0 Å². The summed E-state index contributed by atoms with van der Waals surface area (Å²) in [6.45, 7) is 4.28. The van der Waals surface area contributed by atoms with Gasteiger partial charge >= 0.3 is 0 Å². The standard InChI is InChI=1S/C10H15N3O2S/c1-7(2)11-8(14)3-5-13-6-4-9(15)12-10(13)16/h4,6-7H,3,5H2,1-2H3,(H,11,14)(H,12,15,16). The molecular weight excluding hydrogens is 226 g/mol. The van der Waals surface area contributed by atoms with Crippen LogP contribution >= 0.6 is 12.2 Å². The molecule has 0 atom stereocenters. The molecule has 16 heavy (non-hydrogen) atoms. The van der Waals surface area contributed by atoms with Crippen molar-refractivity contribution in [1.29, 1.82) is 0 Å². The molecule has 1 aromatic heterocycles. The number of H-pyrrole nitrogens is 1. The van der Waals surface area contributed by atoms with E-state index >= 15 is 0 Å². The van der Waals surface area contributed by atoms with Crippen LogP contribution in [0, 0.1) is 4.77 Å². The number of nitrogens with one attached hydrogen (secondary N) is 2. The molecule has 0 aliphatic heterocycles. The van der Waals surface area contributed by atoms with E-state index in [9.17, 15) is 9.59 Å². The summed E-state index contributed by atoms with van der Waals surface area (Å²) in [4.78, 5) is 24.8. The Morgan fingerprint density at radius 3 is 2.88 bits per heavy atom. The average molecular weight is 241 g/mol. The van der Waals surface area contributed by atoms with Crippen LogP contribution in [0.3, 0.4) is 0 Å². The number of amides is 1. The van der Waals surface area contributed by atoms with Crippen molar-refractivity contribution in [2.45, 2.75) is 32.9 Å². The second-order valence-electron chi connectivity index (χ2n) is 3.78. The summed E-state index contributed by atoms with van der Waals surface area (Å²) < 4.78 is 2.00. The highest BCUT2D eigenvalue weighted by Crippen LogP contribution is 1.92. The van der Waals surface area contributed by atoms with Crippen molar-refractivity contribution >= 4 is 18.1 Å². The Bertz CT molecular complexity index is 475. The monoisotopic (exact) mass is 241 g/mol. The van der Waals surface area contributed by atoms with Crippen LogP contribution in [0.5, 0.6) is 0 Å². The normalized spacial score (nSPS) is 10.4. The van der Waals surface area contributed by atoms with Gasteiger partial charge in [0, 0.05) is 31.3 Å². The van der Waals surface area contributed by atoms with Crippen LogP contribution < -0.4 is 10.9 Å². The number of aromatic amines is 1. The minimum atomic E-state index is -0.229. The molecule has 0 fully saturated rings. The predicted molar refractivity (Wildman–Crippen MR) is 63.8 cm³/mol. The molecule has 0 aliphatic carbocycles. The molecular formula is C10H15N3O2S. The van der Waals surface area contributed by atoms with E-state index in [2.05, 4.69) is 10.3 Å². The van der Waals surface area contributed by atoms with Gasteiger partial charge in [-0.15, -0.1) is 0 Å². The maximum Gasteiger partial charge on any atom is 0.251 e. The van der Waals surface area contributed by atoms with Gasteiger partial charge in [0.05, 0.1) is 0 Å². The Morgan fingerprint density at radius 1 is 1.62 bits per heavy atom. The van der Waals surface area contributed by atoms with E-state index in [0.717, 1.165) is 0 Å². The van der Waals surface area contributed by atoms with Crippen molar-refractivity contribution in [2.75, 3.05) is 0 Å². The van der Waals surface area contributed by atoms with Gasteiger partial charge in [-0.05, 0) is 26.1 Å². The SMILES string of the molecule is CC(C)NC(=O)CCn1ccc(=O)[nH]c1=S. The fraction of sp³-hybridized carbons (Fsp3) is 0.500. The first-order chi connectivity index (χ1) is 7.49. The quantitative estimate of drug-likeness (QED) is 0.767. The number of hydrogen-bond acceptors (Lipinski definition) is 3. The van der Waals surface area contributed by atoms with Gasteiger partial charge in [-0.1, -0.05) is 0 Å². The van der Waals surface area contributed by atoms with Gasteiger partial charge in [0.1, 0.15) is 0 Å². The van der Waals surface area contributed by atoms with Gasteiger partial charge in [-0.3, -0.25) is 14.6 Å². The molecule has 0 unspecified atom stereocenters. The maximum absolute atomic E-state index is 11.4. The van der Waals surface area contributed by atoms with Gasteiger partial charge in [0.25, 0.3) is 5.56 Å². The van der Waals surface area contributed by atoms with E-state index < -0.39 is 0 Å². The summed E-state index contributed by atoms with van der Waals surface area (Å²) in [5.41, 5.74) is -0.229. The lowest BCUT2D eigenvalue weighted by molar-refractivity contribution is -0.121. The van der Waals surface area contributed by atoms with Gasteiger partial charge in [0.15, 0.2) is 4.77 Å². The topological polar surface area (TPSA) is 66.9 Å². The van der Waals surface area contributed by atoms with E-state index in [-0.39, 0.29) is 17.5 Å². The van der Waals surface area contributed by atoms with Crippen LogP contribution in [0.1, 0.15) is 20.3 Å². The second kappa shape index (κ2) is 5.60. The summed E-state index contributed by atoms with van der Waals surface area (Å²) in [7, 11) is 0. The first kappa shape index (κ1) is 12.6. The molecule has 0 aliphatic rings. The predicted octanol–water partition coefficient (Wildman–Crippen LogP) is 0.821. The number of aromatic nitrogens is 2. The van der Waals surface area contributed by atoms with E-state index in [0.29, 0.717) is 17.7 Å².